The van der Waals surface area contributed by atoms with Crippen molar-refractivity contribution in [1.82, 2.24) is 9.80 Å². The van der Waals surface area contributed by atoms with Gasteiger partial charge in [-0.05, 0) is 18.4 Å². The predicted molar refractivity (Wildman–Crippen MR) is 78.0 cm³/mol. The van der Waals surface area contributed by atoms with Crippen molar-refractivity contribution in [2.75, 3.05) is 26.2 Å². The van der Waals surface area contributed by atoms with Crippen LogP contribution < -0.4 is 0 Å². The van der Waals surface area contributed by atoms with E-state index >= 15 is 0 Å². The Kier molecular flexibility index (Phi) is 4.29. The smallest absolute Gasteiger partial charge is 0.298 e. The van der Waals surface area contributed by atoms with Crippen molar-refractivity contribution in [1.29, 1.82) is 0 Å². The molecular weight excluding hydrogens is 311 g/mol. The fourth-order valence-electron chi connectivity index (χ4n) is 3.05. The van der Waals surface area contributed by atoms with Gasteiger partial charge in [0.25, 0.3) is 5.69 Å². The summed E-state index contributed by atoms with van der Waals surface area (Å²) >= 11 is 0. The lowest BCUT2D eigenvalue weighted by atomic mass is 10.0. The molecule has 0 radical (unpaired) electrons. The Balaban J connectivity index is 1.72. The zero-order chi connectivity index (χ0) is 16.6. The van der Waals surface area contributed by atoms with Gasteiger partial charge in [0.05, 0.1) is 10.5 Å². The Morgan fingerprint density at radius 1 is 1.17 bits per heavy atom. The van der Waals surface area contributed by atoms with Gasteiger partial charge in [0.15, 0.2) is 0 Å². The second-order valence-electron chi connectivity index (χ2n) is 6.14. The van der Waals surface area contributed by atoms with Crippen LogP contribution in [0.25, 0.3) is 0 Å². The van der Waals surface area contributed by atoms with Crippen molar-refractivity contribution in [2.24, 2.45) is 0 Å². The average molecular weight is 329 g/mol. The maximum Gasteiger partial charge on any atom is 0.416 e. The van der Waals surface area contributed by atoms with E-state index in [4.69, 9.17) is 0 Å². The van der Waals surface area contributed by atoms with Crippen LogP contribution in [0.3, 0.4) is 0 Å². The molecule has 0 amide bonds. The van der Waals surface area contributed by atoms with E-state index in [2.05, 4.69) is 4.90 Å². The van der Waals surface area contributed by atoms with Gasteiger partial charge in [-0.15, -0.1) is 0 Å². The molecule has 3 rings (SSSR count). The summed E-state index contributed by atoms with van der Waals surface area (Å²) < 4.78 is 39.5. The van der Waals surface area contributed by atoms with Crippen molar-refractivity contribution in [2.45, 2.75) is 31.6 Å². The van der Waals surface area contributed by atoms with Gasteiger partial charge in [-0.1, -0.05) is 6.07 Å². The normalized spacial score (nSPS) is 20.7. The van der Waals surface area contributed by atoms with Crippen LogP contribution in [-0.4, -0.2) is 46.9 Å². The van der Waals surface area contributed by atoms with Crippen molar-refractivity contribution in [3.05, 3.63) is 39.4 Å². The average Bonchev–Trinajstić information content (AvgIpc) is 3.32. The van der Waals surface area contributed by atoms with Crippen molar-refractivity contribution in [3.63, 3.8) is 0 Å². The van der Waals surface area contributed by atoms with E-state index in [1.54, 1.807) is 0 Å². The van der Waals surface area contributed by atoms with Crippen LogP contribution in [0.15, 0.2) is 18.2 Å². The number of nitro benzene ring substituents is 1. The van der Waals surface area contributed by atoms with Gasteiger partial charge in [0.2, 0.25) is 0 Å². The number of nitrogens with zero attached hydrogens (tertiary/aromatic N) is 3. The third-order valence-corrected chi connectivity index (χ3v) is 4.47. The molecule has 23 heavy (non-hydrogen) atoms. The van der Waals surface area contributed by atoms with Crippen molar-refractivity contribution in [3.8, 4) is 0 Å². The Morgan fingerprint density at radius 3 is 2.35 bits per heavy atom. The van der Waals surface area contributed by atoms with E-state index in [0.29, 0.717) is 12.1 Å². The quantitative estimate of drug-likeness (QED) is 0.629. The first-order chi connectivity index (χ1) is 10.8. The van der Waals surface area contributed by atoms with E-state index in [1.807, 2.05) is 4.90 Å². The Morgan fingerprint density at radius 2 is 1.83 bits per heavy atom. The van der Waals surface area contributed by atoms with Gasteiger partial charge in [0.1, 0.15) is 0 Å². The van der Waals surface area contributed by atoms with Gasteiger partial charge >= 0.3 is 6.18 Å². The molecule has 1 saturated carbocycles. The van der Waals surface area contributed by atoms with Crippen LogP contribution in [-0.2, 0) is 12.7 Å². The Labute approximate surface area is 131 Å². The molecule has 1 heterocycles. The summed E-state index contributed by atoms with van der Waals surface area (Å²) in [5.41, 5.74) is -1.33. The molecule has 2 aliphatic rings. The summed E-state index contributed by atoms with van der Waals surface area (Å²) in [4.78, 5) is 14.3. The van der Waals surface area contributed by atoms with Crippen LogP contribution in [0.5, 0.6) is 0 Å². The second-order valence-corrected chi connectivity index (χ2v) is 6.14. The molecule has 0 spiro atoms. The second kappa shape index (κ2) is 6.09. The molecule has 2 fully saturated rings. The molecule has 0 bridgehead atoms. The van der Waals surface area contributed by atoms with Gasteiger partial charge in [0, 0.05) is 50.9 Å². The van der Waals surface area contributed by atoms with Crippen molar-refractivity contribution < 1.29 is 18.1 Å². The van der Waals surface area contributed by atoms with Gasteiger partial charge in [-0.25, -0.2) is 0 Å². The lowest BCUT2D eigenvalue weighted by Gasteiger charge is -2.35. The molecule has 8 heteroatoms. The third-order valence-electron chi connectivity index (χ3n) is 4.47. The van der Waals surface area contributed by atoms with Crippen LogP contribution in [0, 0.1) is 10.1 Å². The standard InChI is InChI=1S/C15H18F3N3O2/c16-15(17,18)14-9-13(21(22)23)2-1-11(14)10-19-5-7-20(8-6-19)12-3-4-12/h1-2,9,12H,3-8,10H2. The Hall–Kier alpha value is -1.67. The Bertz CT molecular complexity index is 594. The summed E-state index contributed by atoms with van der Waals surface area (Å²) in [7, 11) is 0. The predicted octanol–water partition coefficient (Wildman–Crippen LogP) is 2.89. The monoisotopic (exact) mass is 329 g/mol. The fraction of sp³-hybridized carbons (Fsp3) is 0.600. The first-order valence-electron chi connectivity index (χ1n) is 7.65. The molecular formula is C15H18F3N3O2. The van der Waals surface area contributed by atoms with Gasteiger partial charge in [-0.3, -0.25) is 19.9 Å². The van der Waals surface area contributed by atoms with Crippen LogP contribution in [0.4, 0.5) is 18.9 Å². The molecule has 5 nitrogen and oxygen atoms in total. The topological polar surface area (TPSA) is 49.6 Å². The molecule has 0 N–H and O–H groups in total. The summed E-state index contributed by atoms with van der Waals surface area (Å²) in [6, 6.07) is 3.68. The number of halogens is 3. The minimum absolute atomic E-state index is 0.1000. The molecule has 0 atom stereocenters. The molecule has 1 aliphatic carbocycles. The zero-order valence-electron chi connectivity index (χ0n) is 12.6. The van der Waals surface area contributed by atoms with E-state index in [9.17, 15) is 23.3 Å². The maximum atomic E-state index is 13.2. The minimum Gasteiger partial charge on any atom is -0.298 e. The molecule has 1 aromatic rings. The maximum absolute atomic E-state index is 13.2. The lowest BCUT2D eigenvalue weighted by Crippen LogP contribution is -2.46. The minimum atomic E-state index is -4.59. The molecule has 1 aliphatic heterocycles. The van der Waals surface area contributed by atoms with E-state index in [1.165, 1.54) is 18.9 Å². The summed E-state index contributed by atoms with van der Waals surface area (Å²) in [6.07, 6.45) is -2.14. The van der Waals surface area contributed by atoms with Crippen LogP contribution in [0.2, 0.25) is 0 Å². The zero-order valence-corrected chi connectivity index (χ0v) is 12.6. The number of hydrogen-bond donors (Lipinski definition) is 0. The highest BCUT2D eigenvalue weighted by Crippen LogP contribution is 2.35. The number of alkyl halides is 3. The number of hydrogen-bond acceptors (Lipinski definition) is 4. The number of nitro groups is 1. The highest BCUT2D eigenvalue weighted by atomic mass is 19.4. The van der Waals surface area contributed by atoms with E-state index < -0.39 is 22.4 Å². The highest BCUT2D eigenvalue weighted by molar-refractivity contribution is 5.41. The first kappa shape index (κ1) is 16.2. The number of piperazine rings is 1. The molecule has 0 unspecified atom stereocenters. The third kappa shape index (κ3) is 3.81. The molecule has 1 saturated heterocycles. The van der Waals surface area contributed by atoms with Crippen LogP contribution >= 0.6 is 0 Å². The first-order valence-corrected chi connectivity index (χ1v) is 7.65. The molecule has 0 aromatic heterocycles. The van der Waals surface area contributed by atoms with Crippen LogP contribution in [0.1, 0.15) is 24.0 Å². The number of rotatable bonds is 4. The van der Waals surface area contributed by atoms with Crippen molar-refractivity contribution >= 4 is 5.69 Å². The van der Waals surface area contributed by atoms with Gasteiger partial charge < -0.3 is 0 Å². The lowest BCUT2D eigenvalue weighted by molar-refractivity contribution is -0.385. The van der Waals surface area contributed by atoms with E-state index in [-0.39, 0.29) is 12.1 Å². The summed E-state index contributed by atoms with van der Waals surface area (Å²) in [6.45, 7) is 3.37. The summed E-state index contributed by atoms with van der Waals surface area (Å²) in [5, 5.41) is 10.7. The van der Waals surface area contributed by atoms with E-state index in [0.717, 1.165) is 32.2 Å². The SMILES string of the molecule is O=[N+]([O-])c1ccc(CN2CCN(C3CC3)CC2)c(C(F)(F)F)c1. The number of non-ortho nitro benzene ring substituents is 1. The highest BCUT2D eigenvalue weighted by Gasteiger charge is 2.36. The summed E-state index contributed by atoms with van der Waals surface area (Å²) in [5.74, 6) is 0. The fourth-order valence-corrected chi connectivity index (χ4v) is 3.05. The largest absolute Gasteiger partial charge is 0.416 e. The molecule has 1 aromatic carbocycles. The van der Waals surface area contributed by atoms with Gasteiger partial charge in [-0.2, -0.15) is 13.2 Å². The molecule has 126 valence electrons. The number of benzene rings is 1.